The molecule has 17 heavy (non-hydrogen) atoms. The zero-order valence-electron chi connectivity index (χ0n) is 10.4. The predicted octanol–water partition coefficient (Wildman–Crippen LogP) is 2.87. The highest BCUT2D eigenvalue weighted by Crippen LogP contribution is 2.23. The van der Waals surface area contributed by atoms with Gasteiger partial charge in [0.15, 0.2) is 0 Å². The topological polar surface area (TPSA) is 38.9 Å². The van der Waals surface area contributed by atoms with Gasteiger partial charge < -0.3 is 5.73 Å². The van der Waals surface area contributed by atoms with Crippen molar-refractivity contribution >= 4 is 0 Å². The van der Waals surface area contributed by atoms with E-state index < -0.39 is 0 Å². The number of aromatic nitrogens is 1. The van der Waals surface area contributed by atoms with E-state index in [9.17, 15) is 0 Å². The van der Waals surface area contributed by atoms with Crippen molar-refractivity contribution in [2.24, 2.45) is 5.73 Å². The van der Waals surface area contributed by atoms with Gasteiger partial charge in [-0.15, -0.1) is 0 Å². The van der Waals surface area contributed by atoms with Gasteiger partial charge in [-0.05, 0) is 55.6 Å². The van der Waals surface area contributed by atoms with E-state index >= 15 is 0 Å². The molecule has 0 unspecified atom stereocenters. The number of hydrogen-bond acceptors (Lipinski definition) is 2. The van der Waals surface area contributed by atoms with Gasteiger partial charge in [0.1, 0.15) is 0 Å². The van der Waals surface area contributed by atoms with Crippen LogP contribution in [0.1, 0.15) is 16.7 Å². The average molecular weight is 226 g/mol. The zero-order valence-corrected chi connectivity index (χ0v) is 10.4. The first-order valence-electron chi connectivity index (χ1n) is 5.94. The fraction of sp³-hybridized carbons (Fsp3) is 0.267. The minimum atomic E-state index is 0.656. The molecular formula is C15H18N2. The van der Waals surface area contributed by atoms with Gasteiger partial charge in [-0.3, -0.25) is 4.98 Å². The molecule has 0 aliphatic heterocycles. The molecule has 2 rings (SSSR count). The van der Waals surface area contributed by atoms with Gasteiger partial charge in [0.05, 0.1) is 5.69 Å². The molecule has 1 aromatic heterocycles. The Morgan fingerprint density at radius 3 is 2.65 bits per heavy atom. The van der Waals surface area contributed by atoms with E-state index in [0.717, 1.165) is 12.1 Å². The second-order valence-corrected chi connectivity index (χ2v) is 4.35. The third-order valence-electron chi connectivity index (χ3n) is 3.09. The summed E-state index contributed by atoms with van der Waals surface area (Å²) in [6.45, 7) is 4.91. The van der Waals surface area contributed by atoms with E-state index in [0.29, 0.717) is 6.54 Å². The van der Waals surface area contributed by atoms with E-state index in [1.807, 2.05) is 12.3 Å². The van der Waals surface area contributed by atoms with Crippen molar-refractivity contribution in [1.82, 2.24) is 4.98 Å². The zero-order chi connectivity index (χ0) is 12.3. The molecule has 0 aliphatic carbocycles. The van der Waals surface area contributed by atoms with Crippen LogP contribution in [0.5, 0.6) is 0 Å². The lowest BCUT2D eigenvalue weighted by Crippen LogP contribution is -2.04. The molecule has 2 nitrogen and oxygen atoms in total. The first-order valence-corrected chi connectivity index (χ1v) is 5.94. The smallest absolute Gasteiger partial charge is 0.0734 e. The maximum atomic E-state index is 5.63. The van der Waals surface area contributed by atoms with Crippen LogP contribution in [0.25, 0.3) is 11.3 Å². The number of nitrogens with zero attached hydrogens (tertiary/aromatic N) is 1. The normalized spacial score (nSPS) is 10.5. The molecule has 0 bridgehead atoms. The van der Waals surface area contributed by atoms with Gasteiger partial charge in [0, 0.05) is 11.8 Å². The first kappa shape index (κ1) is 11.8. The summed E-state index contributed by atoms with van der Waals surface area (Å²) in [5.74, 6) is 0. The molecule has 0 aliphatic rings. The molecule has 2 N–H and O–H groups in total. The van der Waals surface area contributed by atoms with Gasteiger partial charge in [-0.25, -0.2) is 0 Å². The van der Waals surface area contributed by atoms with Crippen LogP contribution in [0, 0.1) is 13.8 Å². The Bertz CT molecular complexity index is 518. The molecule has 0 amide bonds. The molecule has 0 fully saturated rings. The van der Waals surface area contributed by atoms with Gasteiger partial charge in [-0.1, -0.05) is 18.2 Å². The van der Waals surface area contributed by atoms with Gasteiger partial charge in [-0.2, -0.15) is 0 Å². The molecule has 2 aromatic rings. The summed E-state index contributed by atoms with van der Waals surface area (Å²) in [7, 11) is 0. The number of rotatable bonds is 3. The Morgan fingerprint density at radius 1 is 1.12 bits per heavy atom. The minimum Gasteiger partial charge on any atom is -0.330 e. The summed E-state index contributed by atoms with van der Waals surface area (Å²) in [4.78, 5) is 4.48. The third kappa shape index (κ3) is 2.53. The van der Waals surface area contributed by atoms with E-state index in [-0.39, 0.29) is 0 Å². The summed E-state index contributed by atoms with van der Waals surface area (Å²) >= 11 is 0. The average Bonchev–Trinajstić information content (AvgIpc) is 2.34. The van der Waals surface area contributed by atoms with Crippen LogP contribution in [-0.2, 0) is 6.42 Å². The van der Waals surface area contributed by atoms with Crippen LogP contribution in [-0.4, -0.2) is 11.5 Å². The van der Waals surface area contributed by atoms with Crippen LogP contribution >= 0.6 is 0 Å². The lowest BCUT2D eigenvalue weighted by Gasteiger charge is -2.09. The second-order valence-electron chi connectivity index (χ2n) is 4.35. The molecular weight excluding hydrogens is 208 g/mol. The van der Waals surface area contributed by atoms with Gasteiger partial charge >= 0.3 is 0 Å². The van der Waals surface area contributed by atoms with Crippen molar-refractivity contribution in [3.8, 4) is 11.3 Å². The Labute approximate surface area is 103 Å². The van der Waals surface area contributed by atoms with Crippen LogP contribution in [0.4, 0.5) is 0 Å². The highest BCUT2D eigenvalue weighted by atomic mass is 14.7. The van der Waals surface area contributed by atoms with Crippen LogP contribution in [0.2, 0.25) is 0 Å². The molecule has 0 saturated carbocycles. The lowest BCUT2D eigenvalue weighted by atomic mass is 10.00. The van der Waals surface area contributed by atoms with E-state index in [1.54, 1.807) is 0 Å². The summed E-state index contributed by atoms with van der Waals surface area (Å²) in [6, 6.07) is 10.5. The second kappa shape index (κ2) is 5.11. The standard InChI is InChI=1S/C15H18N2/c1-11-5-6-14(10-12(11)2)15-13(7-8-16)4-3-9-17-15/h3-6,9-10H,7-8,16H2,1-2H3. The van der Waals surface area contributed by atoms with Gasteiger partial charge in [0.2, 0.25) is 0 Å². The van der Waals surface area contributed by atoms with Crippen LogP contribution in [0.15, 0.2) is 36.5 Å². The maximum absolute atomic E-state index is 5.63. The predicted molar refractivity (Wildman–Crippen MR) is 71.9 cm³/mol. The Morgan fingerprint density at radius 2 is 1.94 bits per heavy atom. The van der Waals surface area contributed by atoms with Crippen LogP contribution < -0.4 is 5.73 Å². The summed E-state index contributed by atoms with van der Waals surface area (Å²) in [6.07, 6.45) is 2.71. The van der Waals surface area contributed by atoms with E-state index in [2.05, 4.69) is 43.1 Å². The monoisotopic (exact) mass is 226 g/mol. The molecule has 0 atom stereocenters. The highest BCUT2D eigenvalue weighted by Gasteiger charge is 2.06. The van der Waals surface area contributed by atoms with Crippen molar-refractivity contribution in [3.05, 3.63) is 53.2 Å². The van der Waals surface area contributed by atoms with Gasteiger partial charge in [0.25, 0.3) is 0 Å². The van der Waals surface area contributed by atoms with Crippen molar-refractivity contribution in [3.63, 3.8) is 0 Å². The van der Waals surface area contributed by atoms with E-state index in [4.69, 9.17) is 5.73 Å². The van der Waals surface area contributed by atoms with Crippen molar-refractivity contribution in [1.29, 1.82) is 0 Å². The van der Waals surface area contributed by atoms with E-state index in [1.165, 1.54) is 22.3 Å². The summed E-state index contributed by atoms with van der Waals surface area (Å²) < 4.78 is 0. The Hall–Kier alpha value is -1.67. The quantitative estimate of drug-likeness (QED) is 0.874. The number of nitrogens with two attached hydrogens (primary N) is 1. The number of aryl methyl sites for hydroxylation is 2. The molecule has 2 heteroatoms. The highest BCUT2D eigenvalue weighted by molar-refractivity contribution is 5.64. The molecule has 0 saturated heterocycles. The number of hydrogen-bond donors (Lipinski definition) is 1. The SMILES string of the molecule is Cc1ccc(-c2ncccc2CCN)cc1C. The molecule has 1 heterocycles. The Balaban J connectivity index is 2.48. The fourth-order valence-electron chi connectivity index (χ4n) is 1.94. The molecule has 1 aromatic carbocycles. The first-order chi connectivity index (χ1) is 8.22. The minimum absolute atomic E-state index is 0.656. The summed E-state index contributed by atoms with van der Waals surface area (Å²) in [5, 5.41) is 0. The third-order valence-corrected chi connectivity index (χ3v) is 3.09. The van der Waals surface area contributed by atoms with Crippen LogP contribution in [0.3, 0.4) is 0 Å². The lowest BCUT2D eigenvalue weighted by molar-refractivity contribution is 0.961. The maximum Gasteiger partial charge on any atom is 0.0734 e. The number of pyridine rings is 1. The Kier molecular flexibility index (Phi) is 3.55. The van der Waals surface area contributed by atoms with Crippen molar-refractivity contribution < 1.29 is 0 Å². The largest absolute Gasteiger partial charge is 0.330 e. The molecule has 0 spiro atoms. The van der Waals surface area contributed by atoms with Crippen molar-refractivity contribution in [2.45, 2.75) is 20.3 Å². The number of benzene rings is 1. The summed E-state index contributed by atoms with van der Waals surface area (Å²) in [5.41, 5.74) is 11.7. The fourth-order valence-corrected chi connectivity index (χ4v) is 1.94. The van der Waals surface area contributed by atoms with Crippen molar-refractivity contribution in [2.75, 3.05) is 6.54 Å². The molecule has 0 radical (unpaired) electrons. The molecule has 88 valence electrons.